The van der Waals surface area contributed by atoms with E-state index in [1.165, 1.54) is 0 Å². The van der Waals surface area contributed by atoms with Gasteiger partial charge in [-0.3, -0.25) is 0 Å². The summed E-state index contributed by atoms with van der Waals surface area (Å²) in [5, 5.41) is 5.69. The molecule has 0 aromatic heterocycles. The summed E-state index contributed by atoms with van der Waals surface area (Å²) in [6, 6.07) is 12.6. The minimum Gasteiger partial charge on any atom is -0.497 e. The molecule has 0 radical (unpaired) electrons. The van der Waals surface area contributed by atoms with Gasteiger partial charge in [-0.05, 0) is 42.2 Å². The van der Waals surface area contributed by atoms with Crippen molar-refractivity contribution in [1.82, 2.24) is 10.6 Å². The lowest BCUT2D eigenvalue weighted by Gasteiger charge is -2.18. The zero-order valence-electron chi connectivity index (χ0n) is 18.7. The maximum absolute atomic E-state index is 11.9. The molecule has 2 aromatic rings. The Morgan fingerprint density at radius 2 is 1.82 bits per heavy atom. The lowest BCUT2D eigenvalue weighted by molar-refractivity contribution is 0.240. The van der Waals surface area contributed by atoms with Crippen molar-refractivity contribution in [2.75, 3.05) is 20.3 Å². The Bertz CT molecular complexity index is 1080. The summed E-state index contributed by atoms with van der Waals surface area (Å²) >= 11 is 0. The van der Waals surface area contributed by atoms with Crippen LogP contribution in [0, 0.1) is 0 Å². The summed E-state index contributed by atoms with van der Waals surface area (Å²) in [5.41, 5.74) is 8.02. The van der Waals surface area contributed by atoms with E-state index in [2.05, 4.69) is 15.0 Å². The lowest BCUT2D eigenvalue weighted by atomic mass is 10.1. The van der Waals surface area contributed by atoms with Gasteiger partial charge in [-0.15, -0.1) is 4.40 Å². The van der Waals surface area contributed by atoms with Crippen LogP contribution < -0.4 is 25.8 Å². The van der Waals surface area contributed by atoms with Gasteiger partial charge in [-0.1, -0.05) is 37.1 Å². The van der Waals surface area contributed by atoms with Crippen LogP contribution in [0.4, 0.5) is 4.79 Å². The number of fused-ring (bicyclic) bond motifs is 1. The molecule has 10 heteroatoms. The number of nitrogens with one attached hydrogen (secondary N) is 2. The highest BCUT2D eigenvalue weighted by Gasteiger charge is 2.25. The Morgan fingerprint density at radius 1 is 1.06 bits per heavy atom. The number of unbranched alkanes of at least 4 members (excludes halogenated alkanes) is 3. The normalized spacial score (nSPS) is 14.0. The molecular formula is C23H30N4O5S. The molecule has 0 unspecified atom stereocenters. The van der Waals surface area contributed by atoms with Gasteiger partial charge in [0.25, 0.3) is 10.0 Å². The topological polar surface area (TPSA) is 132 Å². The van der Waals surface area contributed by atoms with Gasteiger partial charge in [-0.2, -0.15) is 0 Å². The number of sulfonamides is 1. The number of nitrogens with zero attached hydrogens (tertiary/aromatic N) is 1. The van der Waals surface area contributed by atoms with Crippen LogP contribution in [0.3, 0.4) is 0 Å². The van der Waals surface area contributed by atoms with E-state index in [4.69, 9.17) is 15.2 Å². The summed E-state index contributed by atoms with van der Waals surface area (Å²) in [6.45, 7) is 1.55. The molecule has 33 heavy (non-hydrogen) atoms. The fourth-order valence-electron chi connectivity index (χ4n) is 3.49. The van der Waals surface area contributed by atoms with Crippen molar-refractivity contribution in [3.05, 3.63) is 59.2 Å². The van der Waals surface area contributed by atoms with Crippen LogP contribution in [0.25, 0.3) is 0 Å². The van der Waals surface area contributed by atoms with Crippen molar-refractivity contribution in [3.8, 4) is 11.5 Å². The average molecular weight is 475 g/mol. The highest BCUT2D eigenvalue weighted by atomic mass is 32.2. The fourth-order valence-corrected chi connectivity index (χ4v) is 4.57. The molecule has 0 spiro atoms. The molecule has 0 fully saturated rings. The third-order valence-electron chi connectivity index (χ3n) is 5.17. The lowest BCUT2D eigenvalue weighted by Crippen LogP contribution is -2.35. The molecule has 0 saturated carbocycles. The monoisotopic (exact) mass is 474 g/mol. The minimum absolute atomic E-state index is 0.0248. The highest BCUT2D eigenvalue weighted by Crippen LogP contribution is 2.28. The Labute approximate surface area is 194 Å². The summed E-state index contributed by atoms with van der Waals surface area (Å²) in [5.74, 6) is 1.15. The number of amides is 2. The third kappa shape index (κ3) is 7.38. The molecule has 2 amide bonds. The van der Waals surface area contributed by atoms with Crippen LogP contribution >= 0.6 is 0 Å². The molecule has 9 nitrogen and oxygen atoms in total. The van der Waals surface area contributed by atoms with E-state index in [0.29, 0.717) is 36.6 Å². The molecule has 0 bridgehead atoms. The van der Waals surface area contributed by atoms with E-state index in [0.717, 1.165) is 37.0 Å². The van der Waals surface area contributed by atoms with Crippen molar-refractivity contribution in [1.29, 1.82) is 0 Å². The Balaban J connectivity index is 1.28. The number of ether oxygens (including phenoxy) is 2. The fraction of sp³-hybridized carbons (Fsp3) is 0.391. The van der Waals surface area contributed by atoms with E-state index >= 15 is 0 Å². The standard InChI is InChI=1S/C23H30N4O5S/c1-31-19-11-9-17(10-12-19)15-26-23(28)25-13-4-2-3-5-14-32-20-8-6-7-18-16-33(29,30)27-22(24)21(18)20/h6-12H,2-5,13-16H2,1H3,(H2,24,27)(H2,25,26,28). The van der Waals surface area contributed by atoms with Crippen LogP contribution in [0.1, 0.15) is 42.4 Å². The first-order chi connectivity index (χ1) is 15.9. The zero-order valence-corrected chi connectivity index (χ0v) is 19.5. The van der Waals surface area contributed by atoms with Crippen molar-refractivity contribution < 1.29 is 22.7 Å². The van der Waals surface area contributed by atoms with E-state index in [9.17, 15) is 13.2 Å². The number of benzene rings is 2. The minimum atomic E-state index is -3.56. The van der Waals surface area contributed by atoms with Crippen LogP contribution in [0.5, 0.6) is 11.5 Å². The molecule has 1 aliphatic rings. The first kappa shape index (κ1) is 24.4. The quantitative estimate of drug-likeness (QED) is 0.429. The van der Waals surface area contributed by atoms with Crippen LogP contribution in [0.15, 0.2) is 46.9 Å². The summed E-state index contributed by atoms with van der Waals surface area (Å²) in [4.78, 5) is 11.9. The number of hydrogen-bond acceptors (Lipinski definition) is 6. The van der Waals surface area contributed by atoms with Gasteiger partial charge in [0.15, 0.2) is 0 Å². The van der Waals surface area contributed by atoms with Gasteiger partial charge in [0.1, 0.15) is 17.3 Å². The number of carbonyl (C=O) groups excluding carboxylic acids is 1. The maximum Gasteiger partial charge on any atom is 0.315 e. The average Bonchev–Trinajstić information content (AvgIpc) is 2.78. The summed E-state index contributed by atoms with van der Waals surface area (Å²) < 4.78 is 38.0. The number of nitrogens with two attached hydrogens (primary N) is 1. The van der Waals surface area contributed by atoms with Gasteiger partial charge in [0.05, 0.1) is 25.0 Å². The molecule has 1 heterocycles. The van der Waals surface area contributed by atoms with Crippen molar-refractivity contribution in [2.24, 2.45) is 10.1 Å². The molecule has 0 atom stereocenters. The van der Waals surface area contributed by atoms with Crippen LogP contribution in [-0.2, 0) is 22.3 Å². The van der Waals surface area contributed by atoms with Gasteiger partial charge in [0.2, 0.25) is 0 Å². The zero-order chi connectivity index (χ0) is 23.7. The number of amidine groups is 1. The SMILES string of the molecule is COc1ccc(CNC(=O)NCCCCCCOc2cccc3c2C(N)=NS(=O)(=O)C3)cc1. The van der Waals surface area contributed by atoms with Crippen molar-refractivity contribution >= 4 is 21.9 Å². The number of hydrogen-bond donors (Lipinski definition) is 3. The Morgan fingerprint density at radius 3 is 2.58 bits per heavy atom. The van der Waals surface area contributed by atoms with Gasteiger partial charge < -0.3 is 25.8 Å². The molecule has 3 rings (SSSR count). The van der Waals surface area contributed by atoms with Gasteiger partial charge in [0, 0.05) is 13.1 Å². The van der Waals surface area contributed by atoms with E-state index in [1.807, 2.05) is 24.3 Å². The largest absolute Gasteiger partial charge is 0.497 e. The second-order valence-corrected chi connectivity index (χ2v) is 9.35. The van der Waals surface area contributed by atoms with Gasteiger partial charge >= 0.3 is 6.03 Å². The number of methoxy groups -OCH3 is 1. The Hall–Kier alpha value is -3.27. The first-order valence-electron chi connectivity index (χ1n) is 10.9. The predicted octanol–water partition coefficient (Wildman–Crippen LogP) is 2.68. The van der Waals surface area contributed by atoms with Crippen LogP contribution in [0.2, 0.25) is 0 Å². The number of urea groups is 1. The molecule has 2 aromatic carbocycles. The summed E-state index contributed by atoms with van der Waals surface area (Å²) in [7, 11) is -1.94. The second kappa shape index (κ2) is 11.6. The Kier molecular flexibility index (Phi) is 8.53. The van der Waals surface area contributed by atoms with Gasteiger partial charge in [-0.25, -0.2) is 13.2 Å². The molecular weight excluding hydrogens is 444 g/mol. The van der Waals surface area contributed by atoms with E-state index < -0.39 is 10.0 Å². The smallest absolute Gasteiger partial charge is 0.315 e. The van der Waals surface area contributed by atoms with E-state index in [1.54, 1.807) is 25.3 Å². The van der Waals surface area contributed by atoms with Crippen molar-refractivity contribution in [2.45, 2.75) is 38.0 Å². The third-order valence-corrected chi connectivity index (χ3v) is 6.32. The first-order valence-corrected chi connectivity index (χ1v) is 12.5. The van der Waals surface area contributed by atoms with E-state index in [-0.39, 0.29) is 17.6 Å². The molecule has 4 N–H and O–H groups in total. The second-order valence-electron chi connectivity index (χ2n) is 7.71. The summed E-state index contributed by atoms with van der Waals surface area (Å²) in [6.07, 6.45) is 3.61. The van der Waals surface area contributed by atoms with Crippen molar-refractivity contribution in [3.63, 3.8) is 0 Å². The molecule has 0 saturated heterocycles. The predicted molar refractivity (Wildman–Crippen MR) is 127 cm³/mol. The molecule has 1 aliphatic heterocycles. The maximum atomic E-state index is 11.9. The van der Waals surface area contributed by atoms with Crippen LogP contribution in [-0.4, -0.2) is 40.5 Å². The number of rotatable bonds is 11. The highest BCUT2D eigenvalue weighted by molar-refractivity contribution is 7.89. The molecule has 178 valence electrons. The number of carbonyl (C=O) groups is 1. The molecule has 0 aliphatic carbocycles.